The van der Waals surface area contributed by atoms with Crippen LogP contribution >= 0.6 is 0 Å². The standard InChI is InChI=1S/C13H14N2O3/c1-2-9-17-10-3-5-11(6-4-10)18-13-12(16)14-7-8-15-13/h3-8H,2,9H2,1H3,(H,14,16). The lowest BCUT2D eigenvalue weighted by atomic mass is 10.3. The Morgan fingerprint density at radius 2 is 1.94 bits per heavy atom. The average Bonchev–Trinajstić information content (AvgIpc) is 2.41. The molecule has 0 unspecified atom stereocenters. The van der Waals surface area contributed by atoms with Gasteiger partial charge in [0.1, 0.15) is 11.5 Å². The molecule has 5 heteroatoms. The van der Waals surface area contributed by atoms with Crippen molar-refractivity contribution in [1.29, 1.82) is 0 Å². The second-order valence-electron chi connectivity index (χ2n) is 3.65. The Labute approximate surface area is 104 Å². The summed E-state index contributed by atoms with van der Waals surface area (Å²) in [5, 5.41) is 0. The van der Waals surface area contributed by atoms with Gasteiger partial charge in [-0.05, 0) is 30.7 Å². The van der Waals surface area contributed by atoms with E-state index < -0.39 is 0 Å². The van der Waals surface area contributed by atoms with Gasteiger partial charge in [-0.15, -0.1) is 0 Å². The molecular formula is C13H14N2O3. The Morgan fingerprint density at radius 1 is 1.22 bits per heavy atom. The minimum Gasteiger partial charge on any atom is -0.494 e. The van der Waals surface area contributed by atoms with Crippen LogP contribution in [0.2, 0.25) is 0 Å². The largest absolute Gasteiger partial charge is 0.494 e. The van der Waals surface area contributed by atoms with Gasteiger partial charge in [-0.2, -0.15) is 0 Å². The van der Waals surface area contributed by atoms with Gasteiger partial charge in [-0.1, -0.05) is 6.92 Å². The predicted molar refractivity (Wildman–Crippen MR) is 67.2 cm³/mol. The Balaban J connectivity index is 2.07. The van der Waals surface area contributed by atoms with Gasteiger partial charge in [0, 0.05) is 12.4 Å². The lowest BCUT2D eigenvalue weighted by Gasteiger charge is -2.06. The third kappa shape index (κ3) is 3.10. The van der Waals surface area contributed by atoms with Crippen molar-refractivity contribution < 1.29 is 9.47 Å². The number of hydrogen-bond acceptors (Lipinski definition) is 4. The van der Waals surface area contributed by atoms with E-state index in [1.165, 1.54) is 12.4 Å². The molecule has 0 saturated heterocycles. The Morgan fingerprint density at radius 3 is 2.61 bits per heavy atom. The lowest BCUT2D eigenvalue weighted by molar-refractivity contribution is 0.317. The first-order chi connectivity index (χ1) is 8.79. The van der Waals surface area contributed by atoms with Crippen LogP contribution in [0.4, 0.5) is 0 Å². The van der Waals surface area contributed by atoms with E-state index in [1.54, 1.807) is 24.3 Å². The van der Waals surface area contributed by atoms with E-state index in [2.05, 4.69) is 9.97 Å². The molecule has 5 nitrogen and oxygen atoms in total. The number of nitrogens with zero attached hydrogens (tertiary/aromatic N) is 1. The smallest absolute Gasteiger partial charge is 0.311 e. The monoisotopic (exact) mass is 246 g/mol. The molecular weight excluding hydrogens is 232 g/mol. The number of aromatic amines is 1. The second-order valence-corrected chi connectivity index (χ2v) is 3.65. The molecule has 0 aliphatic rings. The second kappa shape index (κ2) is 5.86. The highest BCUT2D eigenvalue weighted by Crippen LogP contribution is 2.20. The van der Waals surface area contributed by atoms with Crippen molar-refractivity contribution in [2.24, 2.45) is 0 Å². The fourth-order valence-electron chi connectivity index (χ4n) is 1.35. The summed E-state index contributed by atoms with van der Waals surface area (Å²) in [6.07, 6.45) is 3.88. The van der Waals surface area contributed by atoms with E-state index in [1.807, 2.05) is 6.92 Å². The van der Waals surface area contributed by atoms with Gasteiger partial charge in [-0.25, -0.2) is 4.98 Å². The zero-order valence-corrected chi connectivity index (χ0v) is 10.1. The Bertz CT molecular complexity index is 549. The molecule has 0 aliphatic heterocycles. The normalized spacial score (nSPS) is 10.1. The first-order valence-electron chi connectivity index (χ1n) is 5.74. The molecule has 1 heterocycles. The molecule has 0 radical (unpaired) electrons. The van der Waals surface area contributed by atoms with Crippen molar-refractivity contribution in [2.45, 2.75) is 13.3 Å². The highest BCUT2D eigenvalue weighted by molar-refractivity contribution is 5.33. The summed E-state index contributed by atoms with van der Waals surface area (Å²) >= 11 is 0. The van der Waals surface area contributed by atoms with Gasteiger partial charge in [0.25, 0.3) is 5.88 Å². The van der Waals surface area contributed by atoms with Crippen LogP contribution in [-0.2, 0) is 0 Å². The van der Waals surface area contributed by atoms with E-state index in [4.69, 9.17) is 9.47 Å². The quantitative estimate of drug-likeness (QED) is 0.879. The summed E-state index contributed by atoms with van der Waals surface area (Å²) in [5.74, 6) is 1.35. The van der Waals surface area contributed by atoms with E-state index in [-0.39, 0.29) is 11.4 Å². The average molecular weight is 246 g/mol. The third-order valence-corrected chi connectivity index (χ3v) is 2.19. The van der Waals surface area contributed by atoms with Gasteiger partial charge in [0.2, 0.25) is 0 Å². The zero-order chi connectivity index (χ0) is 12.8. The fourth-order valence-corrected chi connectivity index (χ4v) is 1.35. The molecule has 94 valence electrons. The molecule has 0 fully saturated rings. The molecule has 0 spiro atoms. The van der Waals surface area contributed by atoms with E-state index in [0.29, 0.717) is 12.4 Å². The topological polar surface area (TPSA) is 64.2 Å². The van der Waals surface area contributed by atoms with Crippen LogP contribution in [0.1, 0.15) is 13.3 Å². The molecule has 0 saturated carbocycles. The van der Waals surface area contributed by atoms with Crippen molar-refractivity contribution in [3.63, 3.8) is 0 Å². The van der Waals surface area contributed by atoms with Crippen LogP contribution in [0.25, 0.3) is 0 Å². The van der Waals surface area contributed by atoms with Crippen LogP contribution in [0.5, 0.6) is 17.4 Å². The van der Waals surface area contributed by atoms with E-state index in [9.17, 15) is 4.79 Å². The Hall–Kier alpha value is -2.30. The molecule has 18 heavy (non-hydrogen) atoms. The Kier molecular flexibility index (Phi) is 3.96. The van der Waals surface area contributed by atoms with Gasteiger partial charge in [-0.3, -0.25) is 4.79 Å². The van der Waals surface area contributed by atoms with Crippen molar-refractivity contribution in [3.05, 3.63) is 47.0 Å². The summed E-state index contributed by atoms with van der Waals surface area (Å²) < 4.78 is 10.8. The summed E-state index contributed by atoms with van der Waals surface area (Å²) in [4.78, 5) is 17.7. The summed E-state index contributed by atoms with van der Waals surface area (Å²) in [6.45, 7) is 2.73. The van der Waals surface area contributed by atoms with Crippen LogP contribution in [0, 0.1) is 0 Å². The molecule has 1 N–H and O–H groups in total. The number of rotatable bonds is 5. The molecule has 0 atom stereocenters. The number of aromatic nitrogens is 2. The first kappa shape index (κ1) is 12.2. The van der Waals surface area contributed by atoms with Gasteiger partial charge < -0.3 is 14.5 Å². The molecule has 1 aromatic heterocycles. The third-order valence-electron chi connectivity index (χ3n) is 2.19. The fraction of sp³-hybridized carbons (Fsp3) is 0.231. The number of nitrogens with one attached hydrogen (secondary N) is 1. The molecule has 0 bridgehead atoms. The zero-order valence-electron chi connectivity index (χ0n) is 10.1. The highest BCUT2D eigenvalue weighted by Gasteiger charge is 2.03. The number of hydrogen-bond donors (Lipinski definition) is 1. The van der Waals surface area contributed by atoms with Crippen molar-refractivity contribution in [1.82, 2.24) is 9.97 Å². The maximum Gasteiger partial charge on any atom is 0.311 e. The highest BCUT2D eigenvalue weighted by atomic mass is 16.5. The van der Waals surface area contributed by atoms with Gasteiger partial charge >= 0.3 is 5.56 Å². The van der Waals surface area contributed by atoms with Crippen molar-refractivity contribution in [2.75, 3.05) is 6.61 Å². The minimum absolute atomic E-state index is 0.0275. The van der Waals surface area contributed by atoms with Crippen molar-refractivity contribution >= 4 is 0 Å². The molecule has 0 amide bonds. The number of H-pyrrole nitrogens is 1. The van der Waals surface area contributed by atoms with Crippen LogP contribution in [0.15, 0.2) is 41.5 Å². The number of ether oxygens (including phenoxy) is 2. The molecule has 0 aliphatic carbocycles. The van der Waals surface area contributed by atoms with Crippen molar-refractivity contribution in [3.8, 4) is 17.4 Å². The van der Waals surface area contributed by atoms with Gasteiger partial charge in [0.15, 0.2) is 0 Å². The molecule has 1 aromatic carbocycles. The predicted octanol–water partition coefficient (Wildman–Crippen LogP) is 2.35. The summed E-state index contributed by atoms with van der Waals surface area (Å²) in [6, 6.07) is 7.06. The van der Waals surface area contributed by atoms with Crippen LogP contribution in [0.3, 0.4) is 0 Å². The minimum atomic E-state index is -0.358. The lowest BCUT2D eigenvalue weighted by Crippen LogP contribution is -2.09. The molecule has 2 aromatic rings. The summed E-state index contributed by atoms with van der Waals surface area (Å²) in [5.41, 5.74) is -0.358. The number of benzene rings is 1. The van der Waals surface area contributed by atoms with Gasteiger partial charge in [0.05, 0.1) is 6.61 Å². The maximum absolute atomic E-state index is 11.4. The van der Waals surface area contributed by atoms with E-state index >= 15 is 0 Å². The summed E-state index contributed by atoms with van der Waals surface area (Å²) in [7, 11) is 0. The van der Waals surface area contributed by atoms with Crippen LogP contribution < -0.4 is 15.0 Å². The molecule has 2 rings (SSSR count). The van der Waals surface area contributed by atoms with Crippen LogP contribution in [-0.4, -0.2) is 16.6 Å². The van der Waals surface area contributed by atoms with E-state index in [0.717, 1.165) is 12.2 Å². The first-order valence-corrected chi connectivity index (χ1v) is 5.74. The SMILES string of the molecule is CCCOc1ccc(Oc2ncc[nH]c2=O)cc1. The maximum atomic E-state index is 11.4.